The highest BCUT2D eigenvalue weighted by Gasteiger charge is 2.41. The number of benzene rings is 3. The minimum atomic E-state index is -0.106. The Balaban J connectivity index is 1.31. The van der Waals surface area contributed by atoms with E-state index in [2.05, 4.69) is 93.0 Å². The number of hydrogen-bond acceptors (Lipinski definition) is 4. The second-order valence-electron chi connectivity index (χ2n) is 10.2. The van der Waals surface area contributed by atoms with E-state index in [1.165, 1.54) is 16.7 Å². The third kappa shape index (κ3) is 4.79. The van der Waals surface area contributed by atoms with Gasteiger partial charge in [-0.1, -0.05) is 84.9 Å². The molecule has 2 saturated heterocycles. The van der Waals surface area contributed by atoms with E-state index < -0.39 is 0 Å². The minimum absolute atomic E-state index is 0.0756. The molecule has 6 rings (SSSR count). The Kier molecular flexibility index (Phi) is 6.78. The van der Waals surface area contributed by atoms with Crippen LogP contribution in [0.3, 0.4) is 0 Å². The quantitative estimate of drug-likeness (QED) is 0.398. The molecule has 4 atom stereocenters. The maximum Gasteiger partial charge on any atom is 0.228 e. The summed E-state index contributed by atoms with van der Waals surface area (Å²) in [5.41, 5.74) is 5.88. The molecule has 37 heavy (non-hydrogen) atoms. The molecule has 5 heteroatoms. The van der Waals surface area contributed by atoms with Crippen molar-refractivity contribution in [2.24, 2.45) is 5.92 Å². The second-order valence-corrected chi connectivity index (χ2v) is 10.2. The maximum absolute atomic E-state index is 14.3. The van der Waals surface area contributed by atoms with Crippen LogP contribution >= 0.6 is 0 Å². The van der Waals surface area contributed by atoms with E-state index in [0.717, 1.165) is 37.1 Å². The van der Waals surface area contributed by atoms with Crippen LogP contribution < -0.4 is 5.32 Å². The van der Waals surface area contributed by atoms with Crippen molar-refractivity contribution in [3.05, 3.63) is 120 Å². The summed E-state index contributed by atoms with van der Waals surface area (Å²) in [4.78, 5) is 25.0. The van der Waals surface area contributed by atoms with E-state index in [0.29, 0.717) is 12.5 Å². The van der Waals surface area contributed by atoms with Gasteiger partial charge in [0.1, 0.15) is 6.33 Å². The van der Waals surface area contributed by atoms with Crippen LogP contribution in [-0.2, 0) is 4.79 Å². The summed E-state index contributed by atoms with van der Waals surface area (Å²) in [6, 6.07) is 29.8. The first kappa shape index (κ1) is 23.6. The predicted molar refractivity (Wildman–Crippen MR) is 146 cm³/mol. The zero-order chi connectivity index (χ0) is 25.0. The number of piperidine rings is 1. The molecule has 1 aromatic heterocycles. The van der Waals surface area contributed by atoms with Gasteiger partial charge in [0.15, 0.2) is 0 Å². The highest BCUT2D eigenvalue weighted by molar-refractivity contribution is 5.82. The number of aromatic nitrogens is 2. The fourth-order valence-corrected chi connectivity index (χ4v) is 6.25. The normalized spacial score (nSPS) is 23.6. The predicted octanol–water partition coefficient (Wildman–Crippen LogP) is 5.59. The van der Waals surface area contributed by atoms with Gasteiger partial charge in [0.05, 0.1) is 12.0 Å². The van der Waals surface area contributed by atoms with E-state index in [1.54, 1.807) is 6.33 Å². The SMILES string of the molecule is O=C([C@@H]1CNCC1c1ccccc1-c1cncnc1)N1CC[C@H](c2ccccc2)C[C@@H]1c1ccccc1. The molecule has 0 radical (unpaired) electrons. The summed E-state index contributed by atoms with van der Waals surface area (Å²) in [6.45, 7) is 2.26. The van der Waals surface area contributed by atoms with Crippen molar-refractivity contribution in [1.29, 1.82) is 0 Å². The lowest BCUT2D eigenvalue weighted by molar-refractivity contribution is -0.139. The number of likely N-dealkylation sites (tertiary alicyclic amines) is 1. The number of hydrogen-bond donors (Lipinski definition) is 1. The molecule has 186 valence electrons. The topological polar surface area (TPSA) is 58.1 Å². The summed E-state index contributed by atoms with van der Waals surface area (Å²) in [7, 11) is 0. The van der Waals surface area contributed by atoms with Gasteiger partial charge in [-0.25, -0.2) is 9.97 Å². The summed E-state index contributed by atoms with van der Waals surface area (Å²) in [5.74, 6) is 0.707. The summed E-state index contributed by atoms with van der Waals surface area (Å²) < 4.78 is 0. The third-order valence-corrected chi connectivity index (χ3v) is 8.10. The summed E-state index contributed by atoms with van der Waals surface area (Å²) in [5, 5.41) is 3.53. The van der Waals surface area contributed by atoms with Crippen molar-refractivity contribution in [2.45, 2.75) is 30.7 Å². The molecule has 1 amide bonds. The Morgan fingerprint density at radius 1 is 0.811 bits per heavy atom. The Bertz CT molecular complexity index is 1330. The molecule has 0 saturated carbocycles. The number of nitrogens with one attached hydrogen (secondary N) is 1. The first-order valence-corrected chi connectivity index (χ1v) is 13.2. The lowest BCUT2D eigenvalue weighted by Gasteiger charge is -2.42. The molecule has 2 aliphatic rings. The smallest absolute Gasteiger partial charge is 0.228 e. The van der Waals surface area contributed by atoms with E-state index >= 15 is 0 Å². The van der Waals surface area contributed by atoms with Crippen molar-refractivity contribution in [3.8, 4) is 11.1 Å². The number of rotatable bonds is 5. The van der Waals surface area contributed by atoms with Crippen molar-refractivity contribution in [1.82, 2.24) is 20.2 Å². The fourth-order valence-electron chi connectivity index (χ4n) is 6.25. The molecule has 2 fully saturated rings. The van der Waals surface area contributed by atoms with Crippen LogP contribution in [0.15, 0.2) is 104 Å². The van der Waals surface area contributed by atoms with Gasteiger partial charge in [-0.05, 0) is 41.0 Å². The van der Waals surface area contributed by atoms with Gasteiger partial charge >= 0.3 is 0 Å². The summed E-state index contributed by atoms with van der Waals surface area (Å²) in [6.07, 6.45) is 7.19. The van der Waals surface area contributed by atoms with Crippen LogP contribution in [0.5, 0.6) is 0 Å². The molecule has 0 bridgehead atoms. The number of nitrogens with zero attached hydrogens (tertiary/aromatic N) is 3. The van der Waals surface area contributed by atoms with Gasteiger partial charge in [-0.3, -0.25) is 4.79 Å². The van der Waals surface area contributed by atoms with Gasteiger partial charge in [0, 0.05) is 43.5 Å². The van der Waals surface area contributed by atoms with Crippen molar-refractivity contribution >= 4 is 5.91 Å². The molecule has 5 nitrogen and oxygen atoms in total. The lowest BCUT2D eigenvalue weighted by Crippen LogP contribution is -2.45. The van der Waals surface area contributed by atoms with Gasteiger partial charge in [0.25, 0.3) is 0 Å². The molecule has 4 aromatic rings. The first-order chi connectivity index (χ1) is 18.3. The standard InChI is InChI=1S/C32H32N4O/c37-32(30-21-33-20-29(30)28-14-8-7-13-27(28)26-18-34-22-35-19-26)36-16-15-25(23-9-3-1-4-10-23)17-31(36)24-11-5-2-6-12-24/h1-14,18-19,22,25,29-31,33H,15-17,20-21H2/t25-,29?,30+,31+/m0/s1. The lowest BCUT2D eigenvalue weighted by atomic mass is 9.80. The number of carbonyl (C=O) groups excluding carboxylic acids is 1. The number of amides is 1. The van der Waals surface area contributed by atoms with Crippen LogP contribution in [0, 0.1) is 5.92 Å². The fraction of sp³-hybridized carbons (Fsp3) is 0.281. The molecule has 1 unspecified atom stereocenters. The van der Waals surface area contributed by atoms with Crippen LogP contribution in [0.4, 0.5) is 0 Å². The average molecular weight is 489 g/mol. The van der Waals surface area contributed by atoms with Crippen LogP contribution in [0.1, 0.15) is 47.4 Å². The van der Waals surface area contributed by atoms with Crippen molar-refractivity contribution in [2.75, 3.05) is 19.6 Å². The van der Waals surface area contributed by atoms with Crippen molar-refractivity contribution in [3.63, 3.8) is 0 Å². The van der Waals surface area contributed by atoms with Crippen LogP contribution in [0.2, 0.25) is 0 Å². The monoisotopic (exact) mass is 488 g/mol. The Morgan fingerprint density at radius 2 is 1.49 bits per heavy atom. The van der Waals surface area contributed by atoms with Crippen LogP contribution in [0.25, 0.3) is 11.1 Å². The zero-order valence-corrected chi connectivity index (χ0v) is 20.9. The molecule has 2 aliphatic heterocycles. The van der Waals surface area contributed by atoms with E-state index in [1.807, 2.05) is 24.5 Å². The Morgan fingerprint density at radius 3 is 2.24 bits per heavy atom. The molecular weight excluding hydrogens is 456 g/mol. The van der Waals surface area contributed by atoms with Gasteiger partial charge in [-0.2, -0.15) is 0 Å². The highest BCUT2D eigenvalue weighted by atomic mass is 16.2. The van der Waals surface area contributed by atoms with Gasteiger partial charge < -0.3 is 10.2 Å². The van der Waals surface area contributed by atoms with Gasteiger partial charge in [0.2, 0.25) is 5.91 Å². The van der Waals surface area contributed by atoms with E-state index in [-0.39, 0.29) is 23.8 Å². The summed E-state index contributed by atoms with van der Waals surface area (Å²) >= 11 is 0. The molecule has 0 aliphatic carbocycles. The Labute approximate surface area is 218 Å². The van der Waals surface area contributed by atoms with Gasteiger partial charge in [-0.15, -0.1) is 0 Å². The minimum Gasteiger partial charge on any atom is -0.335 e. The molecular formula is C32H32N4O. The third-order valence-electron chi connectivity index (χ3n) is 8.10. The number of carbonyl (C=O) groups is 1. The maximum atomic E-state index is 14.3. The second kappa shape index (κ2) is 10.7. The van der Waals surface area contributed by atoms with Crippen molar-refractivity contribution < 1.29 is 4.79 Å². The highest BCUT2D eigenvalue weighted by Crippen LogP contribution is 2.42. The van der Waals surface area contributed by atoms with Crippen LogP contribution in [-0.4, -0.2) is 40.4 Å². The molecule has 3 heterocycles. The largest absolute Gasteiger partial charge is 0.335 e. The Hall–Kier alpha value is -3.83. The van der Waals surface area contributed by atoms with E-state index in [9.17, 15) is 4.79 Å². The molecule has 0 spiro atoms. The van der Waals surface area contributed by atoms with E-state index in [4.69, 9.17) is 0 Å². The molecule has 1 N–H and O–H groups in total. The molecule has 3 aromatic carbocycles. The average Bonchev–Trinajstić information content (AvgIpc) is 3.48. The zero-order valence-electron chi connectivity index (χ0n) is 20.9. The first-order valence-electron chi connectivity index (χ1n) is 13.2.